The van der Waals surface area contributed by atoms with Crippen molar-refractivity contribution in [2.75, 3.05) is 0 Å². The predicted octanol–water partition coefficient (Wildman–Crippen LogP) is 2.01. The third-order valence-corrected chi connectivity index (χ3v) is 7.96. The predicted molar refractivity (Wildman–Crippen MR) is 83.9 cm³/mol. The summed E-state index contributed by atoms with van der Waals surface area (Å²) in [6.45, 7) is 0. The first-order valence-corrected chi connectivity index (χ1v) is 9.34. The second-order valence-electron chi connectivity index (χ2n) is 9.58. The van der Waals surface area contributed by atoms with E-state index in [1.54, 1.807) is 0 Å². The number of nitriles is 1. The summed E-state index contributed by atoms with van der Waals surface area (Å²) < 4.78 is 0. The van der Waals surface area contributed by atoms with Gasteiger partial charge in [0.2, 0.25) is 0 Å². The van der Waals surface area contributed by atoms with Gasteiger partial charge in [0.15, 0.2) is 5.78 Å². The minimum atomic E-state index is -0.575. The number of fused-ring (bicyclic) bond motifs is 1. The number of nitrogens with two attached hydrogens (primary N) is 1. The summed E-state index contributed by atoms with van der Waals surface area (Å²) in [5, 5.41) is 20.3. The molecule has 0 saturated heterocycles. The van der Waals surface area contributed by atoms with Gasteiger partial charge in [-0.15, -0.1) is 0 Å². The van der Waals surface area contributed by atoms with Gasteiger partial charge in [-0.25, -0.2) is 0 Å². The Balaban J connectivity index is 1.43. The van der Waals surface area contributed by atoms with Crippen LogP contribution in [0.1, 0.15) is 51.4 Å². The van der Waals surface area contributed by atoms with E-state index in [9.17, 15) is 15.2 Å². The van der Waals surface area contributed by atoms with Gasteiger partial charge < -0.3 is 10.8 Å². The molecular formula is C19H26N2O2. The number of hydrogen-bond donors (Lipinski definition) is 2. The third kappa shape index (κ3) is 1.93. The summed E-state index contributed by atoms with van der Waals surface area (Å²) in [6, 6.07) is 1.89. The van der Waals surface area contributed by atoms with Gasteiger partial charge in [-0.1, -0.05) is 0 Å². The molecule has 3 unspecified atom stereocenters. The van der Waals surface area contributed by atoms with Crippen LogP contribution in [0.4, 0.5) is 0 Å². The van der Waals surface area contributed by atoms with Crippen LogP contribution in [-0.2, 0) is 4.79 Å². The van der Waals surface area contributed by atoms with E-state index in [4.69, 9.17) is 5.73 Å². The lowest BCUT2D eigenvalue weighted by molar-refractivity contribution is -0.174. The molecule has 0 aliphatic heterocycles. The lowest BCUT2D eigenvalue weighted by atomic mass is 9.45. The van der Waals surface area contributed by atoms with Gasteiger partial charge in [-0.05, 0) is 80.5 Å². The topological polar surface area (TPSA) is 87.1 Å². The van der Waals surface area contributed by atoms with Gasteiger partial charge in [-0.2, -0.15) is 5.26 Å². The maximum Gasteiger partial charge on any atom is 0.154 e. The lowest BCUT2D eigenvalue weighted by Gasteiger charge is -2.61. The molecule has 4 heteroatoms. The van der Waals surface area contributed by atoms with E-state index in [-0.39, 0.29) is 23.0 Å². The molecule has 9 atom stereocenters. The number of hydrogen-bond acceptors (Lipinski definition) is 4. The Hall–Kier alpha value is -0.920. The molecule has 6 fully saturated rings. The largest absolute Gasteiger partial charge is 0.390 e. The molecule has 0 heterocycles. The molecule has 6 aliphatic rings. The van der Waals surface area contributed by atoms with Gasteiger partial charge >= 0.3 is 0 Å². The smallest absolute Gasteiger partial charge is 0.154 e. The van der Waals surface area contributed by atoms with E-state index in [0.29, 0.717) is 30.1 Å². The first-order chi connectivity index (χ1) is 10.9. The minimum absolute atomic E-state index is 0.116. The highest BCUT2D eigenvalue weighted by Crippen LogP contribution is 2.64. The SMILES string of the molecule is N#C[C@@H]1C[C@@H]2C[C@@H]2C1C(=O)[C@@H](N)C12C[C@@H]3C[C@@H](CC(O)(C3)C1)C2. The summed E-state index contributed by atoms with van der Waals surface area (Å²) >= 11 is 0. The number of ketones is 1. The Morgan fingerprint density at radius 2 is 1.87 bits per heavy atom. The average Bonchev–Trinajstić information content (AvgIpc) is 3.14. The quantitative estimate of drug-likeness (QED) is 0.834. The van der Waals surface area contributed by atoms with E-state index < -0.39 is 11.6 Å². The minimum Gasteiger partial charge on any atom is -0.390 e. The van der Waals surface area contributed by atoms with Crippen LogP contribution in [-0.4, -0.2) is 22.5 Å². The van der Waals surface area contributed by atoms with Crippen molar-refractivity contribution in [1.29, 1.82) is 5.26 Å². The number of Topliss-reactive ketones (excluding diaryl/α,β-unsaturated/α-hetero) is 1. The number of carbonyl (C=O) groups excluding carboxylic acids is 1. The molecule has 23 heavy (non-hydrogen) atoms. The van der Waals surface area contributed by atoms with Crippen molar-refractivity contribution in [2.24, 2.45) is 46.7 Å². The molecule has 6 saturated carbocycles. The molecule has 0 aromatic heterocycles. The van der Waals surface area contributed by atoms with Crippen LogP contribution in [0.3, 0.4) is 0 Å². The second-order valence-corrected chi connectivity index (χ2v) is 9.58. The Morgan fingerprint density at radius 3 is 2.48 bits per heavy atom. The van der Waals surface area contributed by atoms with Crippen molar-refractivity contribution >= 4 is 5.78 Å². The fourth-order valence-electron chi connectivity index (χ4n) is 7.45. The van der Waals surface area contributed by atoms with Gasteiger partial charge in [0.05, 0.1) is 23.6 Å². The van der Waals surface area contributed by atoms with Crippen molar-refractivity contribution in [1.82, 2.24) is 0 Å². The molecule has 0 aromatic carbocycles. The summed E-state index contributed by atoms with van der Waals surface area (Å²) in [5.41, 5.74) is 5.82. The van der Waals surface area contributed by atoms with Crippen LogP contribution >= 0.6 is 0 Å². The van der Waals surface area contributed by atoms with Gasteiger partial charge in [-0.3, -0.25) is 4.79 Å². The monoisotopic (exact) mass is 314 g/mol. The highest BCUT2D eigenvalue weighted by atomic mass is 16.3. The molecule has 0 aromatic rings. The Bertz CT molecular complexity index is 595. The summed E-state index contributed by atoms with van der Waals surface area (Å²) in [4.78, 5) is 13.2. The number of carbonyl (C=O) groups is 1. The normalized spacial score (nSPS) is 56.9. The van der Waals surface area contributed by atoms with Gasteiger partial charge in [0.1, 0.15) is 0 Å². The van der Waals surface area contributed by atoms with Crippen molar-refractivity contribution in [3.8, 4) is 6.07 Å². The molecule has 4 nitrogen and oxygen atoms in total. The standard InChI is InChI=1S/C19H26N2O2/c20-8-13-2-12-3-14(12)15(13)16(22)17(21)18-4-10-1-11(5-18)7-19(23,6-10)9-18/h10-15,17,23H,1-7,9,21H2/t10-,11+,12-,13+,14+,15?,17-,18?,19?/m1/s1. The average molecular weight is 314 g/mol. The van der Waals surface area contributed by atoms with E-state index in [1.165, 1.54) is 6.42 Å². The summed E-state index contributed by atoms with van der Waals surface area (Å²) in [6.07, 6.45) is 7.75. The van der Waals surface area contributed by atoms with E-state index in [0.717, 1.165) is 38.5 Å². The first-order valence-electron chi connectivity index (χ1n) is 9.34. The number of nitrogens with zero attached hydrogens (tertiary/aromatic N) is 1. The Morgan fingerprint density at radius 1 is 1.17 bits per heavy atom. The van der Waals surface area contributed by atoms with Crippen LogP contribution in [0.5, 0.6) is 0 Å². The van der Waals surface area contributed by atoms with Crippen LogP contribution < -0.4 is 5.73 Å². The molecule has 6 rings (SSSR count). The van der Waals surface area contributed by atoms with Gasteiger partial charge in [0, 0.05) is 5.92 Å². The van der Waals surface area contributed by atoms with Crippen LogP contribution in [0, 0.1) is 52.3 Å². The molecule has 0 spiro atoms. The maximum atomic E-state index is 13.2. The molecule has 4 bridgehead atoms. The maximum absolute atomic E-state index is 13.2. The molecule has 6 aliphatic carbocycles. The Labute approximate surface area is 137 Å². The third-order valence-electron chi connectivity index (χ3n) is 7.96. The van der Waals surface area contributed by atoms with E-state index >= 15 is 0 Å². The van der Waals surface area contributed by atoms with Crippen molar-refractivity contribution in [3.05, 3.63) is 0 Å². The molecule has 0 amide bonds. The molecule has 3 N–H and O–H groups in total. The van der Waals surface area contributed by atoms with Crippen LogP contribution in [0.25, 0.3) is 0 Å². The van der Waals surface area contributed by atoms with Crippen LogP contribution in [0.2, 0.25) is 0 Å². The second kappa shape index (κ2) is 4.37. The zero-order chi connectivity index (χ0) is 16.0. The van der Waals surface area contributed by atoms with Crippen molar-refractivity contribution in [2.45, 2.75) is 63.0 Å². The number of aliphatic hydroxyl groups is 1. The first kappa shape index (κ1) is 14.4. The van der Waals surface area contributed by atoms with Crippen LogP contribution in [0.15, 0.2) is 0 Å². The zero-order valence-electron chi connectivity index (χ0n) is 13.6. The highest BCUT2D eigenvalue weighted by molar-refractivity contribution is 5.88. The lowest BCUT2D eigenvalue weighted by Crippen LogP contribution is -2.63. The molecular weight excluding hydrogens is 288 g/mol. The zero-order valence-corrected chi connectivity index (χ0v) is 13.6. The fourth-order valence-corrected chi connectivity index (χ4v) is 7.45. The fraction of sp³-hybridized carbons (Fsp3) is 0.895. The van der Waals surface area contributed by atoms with Crippen molar-refractivity contribution < 1.29 is 9.90 Å². The molecule has 124 valence electrons. The summed E-state index contributed by atoms with van der Waals surface area (Å²) in [7, 11) is 0. The highest BCUT2D eigenvalue weighted by Gasteiger charge is 2.63. The van der Waals surface area contributed by atoms with E-state index in [2.05, 4.69) is 6.07 Å². The summed E-state index contributed by atoms with van der Waals surface area (Å²) in [5.74, 6) is 2.02. The van der Waals surface area contributed by atoms with Crippen molar-refractivity contribution in [3.63, 3.8) is 0 Å². The number of rotatable bonds is 3. The Kier molecular flexibility index (Phi) is 2.74. The van der Waals surface area contributed by atoms with Gasteiger partial charge in [0.25, 0.3) is 0 Å². The van der Waals surface area contributed by atoms with E-state index in [1.807, 2.05) is 0 Å². The molecule has 0 radical (unpaired) electrons.